The summed E-state index contributed by atoms with van der Waals surface area (Å²) in [6, 6.07) is 26.0. The number of ether oxygens (including phenoxy) is 2. The maximum Gasteiger partial charge on any atom is 0.195 e. The average Bonchev–Trinajstić information content (AvgIpc) is 3.21. The third-order valence-electron chi connectivity index (χ3n) is 4.54. The lowest BCUT2D eigenvalue weighted by atomic mass is 10.1. The van der Waals surface area contributed by atoms with Crippen LogP contribution >= 0.6 is 11.8 Å². The number of hydrogen-bond donors (Lipinski definition) is 0. The van der Waals surface area contributed by atoms with Gasteiger partial charge in [0, 0.05) is 5.56 Å². The Labute approximate surface area is 174 Å². The predicted molar refractivity (Wildman–Crippen MR) is 116 cm³/mol. The molecule has 1 aromatic heterocycles. The predicted octanol–water partition coefficient (Wildman–Crippen LogP) is 5.24. The summed E-state index contributed by atoms with van der Waals surface area (Å²) in [6.45, 7) is 0.287. The van der Waals surface area contributed by atoms with Gasteiger partial charge in [-0.1, -0.05) is 72.4 Å². The second kappa shape index (κ2) is 8.84. The molecular weight excluding hydrogens is 382 g/mol. The van der Waals surface area contributed by atoms with E-state index in [4.69, 9.17) is 9.47 Å². The Hall–Kier alpha value is -3.25. The zero-order valence-corrected chi connectivity index (χ0v) is 17.1. The molecule has 0 atom stereocenters. The van der Waals surface area contributed by atoms with Gasteiger partial charge in [-0.3, -0.25) is 4.57 Å². The van der Waals surface area contributed by atoms with Gasteiger partial charge in [-0.25, -0.2) is 0 Å². The van der Waals surface area contributed by atoms with Crippen molar-refractivity contribution in [2.45, 2.75) is 11.8 Å². The Morgan fingerprint density at radius 3 is 2.28 bits per heavy atom. The van der Waals surface area contributed by atoms with Crippen LogP contribution in [0.1, 0.15) is 5.82 Å². The molecule has 0 aliphatic rings. The van der Waals surface area contributed by atoms with Crippen LogP contribution in [0.3, 0.4) is 0 Å². The van der Waals surface area contributed by atoms with Gasteiger partial charge in [-0.05, 0) is 30.0 Å². The third-order valence-corrected chi connectivity index (χ3v) is 5.17. The van der Waals surface area contributed by atoms with Gasteiger partial charge in [0.2, 0.25) is 0 Å². The molecule has 0 radical (unpaired) electrons. The van der Waals surface area contributed by atoms with E-state index in [1.807, 2.05) is 71.5 Å². The zero-order valence-electron chi connectivity index (χ0n) is 16.3. The van der Waals surface area contributed by atoms with Crippen LogP contribution in [0.5, 0.6) is 11.5 Å². The lowest BCUT2D eigenvalue weighted by molar-refractivity contribution is 0.293. The Kier molecular flexibility index (Phi) is 5.81. The molecule has 0 saturated heterocycles. The minimum atomic E-state index is 0.287. The van der Waals surface area contributed by atoms with E-state index in [2.05, 4.69) is 28.4 Å². The van der Waals surface area contributed by atoms with Crippen molar-refractivity contribution in [3.63, 3.8) is 0 Å². The van der Waals surface area contributed by atoms with Crippen molar-refractivity contribution in [1.82, 2.24) is 14.8 Å². The Morgan fingerprint density at radius 2 is 1.52 bits per heavy atom. The number of benzene rings is 3. The molecule has 4 rings (SSSR count). The Bertz CT molecular complexity index is 1100. The number of thioether (sulfide) groups is 1. The van der Waals surface area contributed by atoms with E-state index in [0.29, 0.717) is 5.82 Å². The summed E-state index contributed by atoms with van der Waals surface area (Å²) >= 11 is 1.53. The van der Waals surface area contributed by atoms with E-state index in [-0.39, 0.29) is 6.61 Å². The molecule has 0 aliphatic heterocycles. The largest absolute Gasteiger partial charge is 0.495 e. The van der Waals surface area contributed by atoms with Gasteiger partial charge in [-0.15, -0.1) is 10.2 Å². The van der Waals surface area contributed by atoms with Crippen LogP contribution in [0.2, 0.25) is 0 Å². The standard InChI is InChI=1S/C23H21N3O2S/c1-27-21-15-9-7-13-19(21)26-22(24-25-23(26)29-2)16-28-20-14-8-6-12-18(20)17-10-4-3-5-11-17/h3-15H,16H2,1-2H3. The molecule has 0 N–H and O–H groups in total. The van der Waals surface area contributed by atoms with Crippen molar-refractivity contribution in [1.29, 1.82) is 0 Å². The summed E-state index contributed by atoms with van der Waals surface area (Å²) in [5, 5.41) is 9.47. The minimum Gasteiger partial charge on any atom is -0.495 e. The molecule has 146 valence electrons. The van der Waals surface area contributed by atoms with Crippen molar-refractivity contribution in [2.75, 3.05) is 13.4 Å². The number of nitrogens with zero attached hydrogens (tertiary/aromatic N) is 3. The first-order valence-corrected chi connectivity index (χ1v) is 10.4. The fourth-order valence-electron chi connectivity index (χ4n) is 3.17. The number of para-hydroxylation sites is 3. The van der Waals surface area contributed by atoms with Crippen LogP contribution in [0.25, 0.3) is 16.8 Å². The molecule has 0 saturated carbocycles. The van der Waals surface area contributed by atoms with Crippen molar-refractivity contribution < 1.29 is 9.47 Å². The molecule has 3 aromatic carbocycles. The van der Waals surface area contributed by atoms with E-state index in [1.54, 1.807) is 7.11 Å². The summed E-state index contributed by atoms with van der Waals surface area (Å²) in [5.41, 5.74) is 3.04. The topological polar surface area (TPSA) is 49.2 Å². The van der Waals surface area contributed by atoms with Crippen LogP contribution in [0.4, 0.5) is 0 Å². The first-order chi connectivity index (χ1) is 14.3. The molecule has 0 fully saturated rings. The molecule has 6 heteroatoms. The maximum absolute atomic E-state index is 6.20. The van der Waals surface area contributed by atoms with Crippen molar-refractivity contribution in [3.05, 3.63) is 84.7 Å². The monoisotopic (exact) mass is 403 g/mol. The van der Waals surface area contributed by atoms with Crippen LogP contribution in [-0.2, 0) is 6.61 Å². The second-order valence-electron chi connectivity index (χ2n) is 6.26. The highest BCUT2D eigenvalue weighted by atomic mass is 32.2. The van der Waals surface area contributed by atoms with E-state index in [1.165, 1.54) is 11.8 Å². The van der Waals surface area contributed by atoms with Crippen LogP contribution in [0, 0.1) is 0 Å². The zero-order chi connectivity index (χ0) is 20.1. The highest BCUT2D eigenvalue weighted by molar-refractivity contribution is 7.98. The Morgan fingerprint density at radius 1 is 0.828 bits per heavy atom. The first kappa shape index (κ1) is 19.1. The van der Waals surface area contributed by atoms with Gasteiger partial charge in [0.1, 0.15) is 18.1 Å². The van der Waals surface area contributed by atoms with Crippen molar-refractivity contribution in [3.8, 4) is 28.3 Å². The summed E-state index contributed by atoms with van der Waals surface area (Å²) in [7, 11) is 1.66. The number of hydrogen-bond acceptors (Lipinski definition) is 5. The molecule has 0 spiro atoms. The maximum atomic E-state index is 6.20. The molecule has 0 unspecified atom stereocenters. The highest BCUT2D eigenvalue weighted by Crippen LogP contribution is 2.31. The van der Waals surface area contributed by atoms with Crippen LogP contribution in [0.15, 0.2) is 84.0 Å². The summed E-state index contributed by atoms with van der Waals surface area (Å²) < 4.78 is 13.7. The number of rotatable bonds is 7. The lowest BCUT2D eigenvalue weighted by Crippen LogP contribution is -2.08. The van der Waals surface area contributed by atoms with E-state index >= 15 is 0 Å². The van der Waals surface area contributed by atoms with Gasteiger partial charge in [0.15, 0.2) is 11.0 Å². The highest BCUT2D eigenvalue weighted by Gasteiger charge is 2.17. The van der Waals surface area contributed by atoms with Crippen molar-refractivity contribution in [2.24, 2.45) is 0 Å². The van der Waals surface area contributed by atoms with E-state index in [9.17, 15) is 0 Å². The Balaban J connectivity index is 1.67. The fourth-order valence-corrected chi connectivity index (χ4v) is 3.68. The fraction of sp³-hybridized carbons (Fsp3) is 0.130. The average molecular weight is 404 g/mol. The third kappa shape index (κ3) is 3.98. The number of aromatic nitrogens is 3. The van der Waals surface area contributed by atoms with E-state index < -0.39 is 0 Å². The molecule has 5 nitrogen and oxygen atoms in total. The molecule has 29 heavy (non-hydrogen) atoms. The number of methoxy groups -OCH3 is 1. The molecule has 0 amide bonds. The van der Waals surface area contributed by atoms with Gasteiger partial charge < -0.3 is 9.47 Å². The SMILES string of the molecule is COc1ccccc1-n1c(COc2ccccc2-c2ccccc2)nnc1SC. The molecule has 0 aliphatic carbocycles. The van der Waals surface area contributed by atoms with Crippen molar-refractivity contribution >= 4 is 11.8 Å². The molecule has 4 aromatic rings. The molecule has 0 bridgehead atoms. The van der Waals surface area contributed by atoms with E-state index in [0.717, 1.165) is 33.5 Å². The quantitative estimate of drug-likeness (QED) is 0.395. The lowest BCUT2D eigenvalue weighted by Gasteiger charge is -2.15. The second-order valence-corrected chi connectivity index (χ2v) is 7.03. The molecule has 1 heterocycles. The van der Waals surface area contributed by atoms with Gasteiger partial charge in [-0.2, -0.15) is 0 Å². The molecular formula is C23H21N3O2S. The summed E-state index contributed by atoms with van der Waals surface area (Å²) in [4.78, 5) is 0. The van der Waals surface area contributed by atoms with Crippen LogP contribution < -0.4 is 9.47 Å². The van der Waals surface area contributed by atoms with Gasteiger partial charge in [0.05, 0.1) is 12.8 Å². The first-order valence-electron chi connectivity index (χ1n) is 9.20. The smallest absolute Gasteiger partial charge is 0.195 e. The van der Waals surface area contributed by atoms with Gasteiger partial charge >= 0.3 is 0 Å². The summed E-state index contributed by atoms with van der Waals surface area (Å²) in [6.07, 6.45) is 1.98. The minimum absolute atomic E-state index is 0.287. The normalized spacial score (nSPS) is 10.7. The van der Waals surface area contributed by atoms with Crippen LogP contribution in [-0.4, -0.2) is 28.1 Å². The summed E-state index contributed by atoms with van der Waals surface area (Å²) in [5.74, 6) is 2.27. The van der Waals surface area contributed by atoms with Gasteiger partial charge in [0.25, 0.3) is 0 Å².